The van der Waals surface area contributed by atoms with Gasteiger partial charge in [-0.1, -0.05) is 23.2 Å². The molecule has 0 aliphatic heterocycles. The minimum absolute atomic E-state index is 0.233. The molecule has 0 saturated carbocycles. The van der Waals surface area contributed by atoms with E-state index in [1.165, 1.54) is 7.11 Å². The van der Waals surface area contributed by atoms with E-state index in [2.05, 4.69) is 6.07 Å². The second kappa shape index (κ2) is 6.95. The van der Waals surface area contributed by atoms with Gasteiger partial charge in [0.25, 0.3) is 0 Å². The molecule has 0 aromatic heterocycles. The highest BCUT2D eigenvalue weighted by Crippen LogP contribution is 2.27. The predicted molar refractivity (Wildman–Crippen MR) is 84.3 cm³/mol. The highest BCUT2D eigenvalue weighted by Gasteiger charge is 2.12. The van der Waals surface area contributed by atoms with Crippen LogP contribution in [0.1, 0.15) is 11.1 Å². The maximum absolute atomic E-state index is 12.4. The highest BCUT2D eigenvalue weighted by molar-refractivity contribution is 7.84. The van der Waals surface area contributed by atoms with Gasteiger partial charge in [0, 0.05) is 10.5 Å². The molecule has 0 radical (unpaired) electrons. The van der Waals surface area contributed by atoms with Crippen molar-refractivity contribution in [3.05, 3.63) is 57.6 Å². The van der Waals surface area contributed by atoms with E-state index in [0.717, 1.165) is 0 Å². The first kappa shape index (κ1) is 15.8. The van der Waals surface area contributed by atoms with Crippen molar-refractivity contribution in [2.45, 2.75) is 10.6 Å². The van der Waals surface area contributed by atoms with Crippen LogP contribution in [-0.2, 0) is 16.6 Å². The lowest BCUT2D eigenvalue weighted by atomic mass is 10.1. The van der Waals surface area contributed by atoms with Gasteiger partial charge < -0.3 is 4.74 Å². The lowest BCUT2D eigenvalue weighted by molar-refractivity contribution is 0.411. The third-order valence-electron chi connectivity index (χ3n) is 2.85. The van der Waals surface area contributed by atoms with Gasteiger partial charge in [-0.2, -0.15) is 5.26 Å². The third-order valence-corrected chi connectivity index (χ3v) is 4.94. The van der Waals surface area contributed by atoms with Crippen molar-refractivity contribution in [3.63, 3.8) is 0 Å². The Kier molecular flexibility index (Phi) is 5.24. The van der Waals surface area contributed by atoms with Gasteiger partial charge in [-0.05, 0) is 36.4 Å². The molecule has 0 fully saturated rings. The van der Waals surface area contributed by atoms with E-state index in [4.69, 9.17) is 33.2 Å². The van der Waals surface area contributed by atoms with Crippen LogP contribution < -0.4 is 4.74 Å². The van der Waals surface area contributed by atoms with Crippen LogP contribution in [0.5, 0.6) is 5.75 Å². The molecular formula is C15H11Cl2NO2S. The Morgan fingerprint density at radius 3 is 2.57 bits per heavy atom. The van der Waals surface area contributed by atoms with E-state index in [9.17, 15) is 4.21 Å². The summed E-state index contributed by atoms with van der Waals surface area (Å²) in [6, 6.07) is 11.9. The molecule has 0 bridgehead atoms. The van der Waals surface area contributed by atoms with Crippen molar-refractivity contribution in [1.82, 2.24) is 0 Å². The molecule has 6 heteroatoms. The van der Waals surface area contributed by atoms with Crippen LogP contribution >= 0.6 is 23.2 Å². The van der Waals surface area contributed by atoms with E-state index in [-0.39, 0.29) is 5.75 Å². The standard InChI is InChI=1S/C15H11Cl2NO2S/c1-20-15-5-2-10(8-18)6-11(15)9-21(19)12-3-4-13(16)14(17)7-12/h2-7H,9H2,1H3. The summed E-state index contributed by atoms with van der Waals surface area (Å²) in [5, 5.41) is 9.72. The Bertz CT molecular complexity index is 741. The summed E-state index contributed by atoms with van der Waals surface area (Å²) in [6.45, 7) is 0. The van der Waals surface area contributed by atoms with Gasteiger partial charge in [-0.25, -0.2) is 0 Å². The molecule has 108 valence electrons. The van der Waals surface area contributed by atoms with Crippen molar-refractivity contribution in [2.75, 3.05) is 7.11 Å². The van der Waals surface area contributed by atoms with E-state index in [1.807, 2.05) is 0 Å². The van der Waals surface area contributed by atoms with Crippen molar-refractivity contribution in [1.29, 1.82) is 5.26 Å². The van der Waals surface area contributed by atoms with Crippen LogP contribution in [0.25, 0.3) is 0 Å². The largest absolute Gasteiger partial charge is 0.496 e. The number of ether oxygens (including phenoxy) is 1. The van der Waals surface area contributed by atoms with Crippen LogP contribution in [0.15, 0.2) is 41.3 Å². The second-order valence-electron chi connectivity index (χ2n) is 4.20. The summed E-state index contributed by atoms with van der Waals surface area (Å²) in [6.07, 6.45) is 0. The number of rotatable bonds is 4. The molecule has 0 amide bonds. The van der Waals surface area contributed by atoms with E-state index < -0.39 is 10.8 Å². The molecule has 0 aliphatic rings. The Morgan fingerprint density at radius 2 is 1.95 bits per heavy atom. The number of hydrogen-bond donors (Lipinski definition) is 0. The third kappa shape index (κ3) is 3.76. The van der Waals surface area contributed by atoms with Gasteiger partial charge >= 0.3 is 0 Å². The Balaban J connectivity index is 2.30. The fourth-order valence-corrected chi connectivity index (χ4v) is 3.31. The fourth-order valence-electron chi connectivity index (χ4n) is 1.80. The van der Waals surface area contributed by atoms with Crippen molar-refractivity contribution >= 4 is 34.0 Å². The number of nitriles is 1. The number of halogens is 2. The normalized spacial score (nSPS) is 11.7. The van der Waals surface area contributed by atoms with Crippen LogP contribution in [-0.4, -0.2) is 11.3 Å². The summed E-state index contributed by atoms with van der Waals surface area (Å²) in [4.78, 5) is 0.578. The zero-order valence-electron chi connectivity index (χ0n) is 11.1. The second-order valence-corrected chi connectivity index (χ2v) is 6.47. The summed E-state index contributed by atoms with van der Waals surface area (Å²) in [5.41, 5.74) is 1.21. The summed E-state index contributed by atoms with van der Waals surface area (Å²) < 4.78 is 17.6. The number of nitrogens with zero attached hydrogens (tertiary/aromatic N) is 1. The predicted octanol–water partition coefficient (Wildman–Crippen LogP) is 4.18. The average Bonchev–Trinajstić information content (AvgIpc) is 2.49. The van der Waals surface area contributed by atoms with Crippen molar-refractivity contribution < 1.29 is 8.95 Å². The lowest BCUT2D eigenvalue weighted by Gasteiger charge is -2.09. The van der Waals surface area contributed by atoms with Gasteiger partial charge in [0.2, 0.25) is 0 Å². The molecule has 0 saturated heterocycles. The minimum Gasteiger partial charge on any atom is -0.496 e. The first-order valence-corrected chi connectivity index (χ1v) is 8.03. The van der Waals surface area contributed by atoms with Gasteiger partial charge in [0.1, 0.15) is 5.75 Å². The van der Waals surface area contributed by atoms with E-state index in [1.54, 1.807) is 36.4 Å². The lowest BCUT2D eigenvalue weighted by Crippen LogP contribution is -2.00. The smallest absolute Gasteiger partial charge is 0.123 e. The summed E-state index contributed by atoms with van der Waals surface area (Å²) in [5.74, 6) is 0.832. The monoisotopic (exact) mass is 339 g/mol. The van der Waals surface area contributed by atoms with Crippen LogP contribution in [0.2, 0.25) is 10.0 Å². The van der Waals surface area contributed by atoms with E-state index in [0.29, 0.717) is 31.8 Å². The Morgan fingerprint density at radius 1 is 1.19 bits per heavy atom. The SMILES string of the molecule is COc1ccc(C#N)cc1CS(=O)c1ccc(Cl)c(Cl)c1. The molecule has 3 nitrogen and oxygen atoms in total. The van der Waals surface area contributed by atoms with Crippen molar-refractivity contribution in [3.8, 4) is 11.8 Å². The summed E-state index contributed by atoms with van der Waals surface area (Å²) >= 11 is 11.8. The number of hydrogen-bond acceptors (Lipinski definition) is 3. The van der Waals surface area contributed by atoms with Crippen molar-refractivity contribution in [2.24, 2.45) is 0 Å². The fraction of sp³-hybridized carbons (Fsp3) is 0.133. The molecule has 2 rings (SSSR count). The average molecular weight is 340 g/mol. The summed E-state index contributed by atoms with van der Waals surface area (Å²) in [7, 11) is 0.227. The molecule has 0 spiro atoms. The van der Waals surface area contributed by atoms with Crippen LogP contribution in [0.3, 0.4) is 0 Å². The van der Waals surface area contributed by atoms with Crippen LogP contribution in [0.4, 0.5) is 0 Å². The quantitative estimate of drug-likeness (QED) is 0.839. The molecule has 1 unspecified atom stereocenters. The Labute approximate surface area is 135 Å². The highest BCUT2D eigenvalue weighted by atomic mass is 35.5. The molecule has 0 aliphatic carbocycles. The van der Waals surface area contributed by atoms with E-state index >= 15 is 0 Å². The first-order chi connectivity index (χ1) is 10.0. The zero-order valence-corrected chi connectivity index (χ0v) is 13.4. The molecule has 21 heavy (non-hydrogen) atoms. The number of benzene rings is 2. The molecule has 0 N–H and O–H groups in total. The van der Waals surface area contributed by atoms with Crippen LogP contribution in [0, 0.1) is 11.3 Å². The molecule has 2 aromatic rings. The van der Waals surface area contributed by atoms with Gasteiger partial charge in [-0.15, -0.1) is 0 Å². The van der Waals surface area contributed by atoms with Gasteiger partial charge in [-0.3, -0.25) is 4.21 Å². The first-order valence-electron chi connectivity index (χ1n) is 5.95. The molecule has 0 heterocycles. The Hall–Kier alpha value is -1.54. The number of methoxy groups -OCH3 is 1. The molecule has 2 aromatic carbocycles. The molecule has 1 atom stereocenters. The molecular weight excluding hydrogens is 329 g/mol. The van der Waals surface area contributed by atoms with Gasteiger partial charge in [0.05, 0.1) is 45.3 Å². The maximum atomic E-state index is 12.4. The van der Waals surface area contributed by atoms with Gasteiger partial charge in [0.15, 0.2) is 0 Å². The zero-order chi connectivity index (χ0) is 15.4. The maximum Gasteiger partial charge on any atom is 0.123 e. The minimum atomic E-state index is -1.31. The topological polar surface area (TPSA) is 50.1 Å².